The fraction of sp³-hybridized carbons (Fsp3) is 0.133. The molecule has 0 saturated carbocycles. The van der Waals surface area contributed by atoms with Crippen LogP contribution in [0.4, 0.5) is 11.6 Å². The second-order valence-electron chi connectivity index (χ2n) is 9.05. The zero-order valence-corrected chi connectivity index (χ0v) is 22.8. The molecule has 5 rings (SSSR count). The fourth-order valence-electron chi connectivity index (χ4n) is 4.30. The van der Waals surface area contributed by atoms with Gasteiger partial charge in [-0.25, -0.2) is 4.98 Å². The van der Waals surface area contributed by atoms with Gasteiger partial charge in [0.2, 0.25) is 11.9 Å². The number of hydrogen-bond donors (Lipinski definition) is 2. The summed E-state index contributed by atoms with van der Waals surface area (Å²) in [7, 11) is 3.31. The second-order valence-corrected chi connectivity index (χ2v) is 10.1. The molecule has 3 aromatic carbocycles. The van der Waals surface area contributed by atoms with Crippen LogP contribution in [0.2, 0.25) is 0 Å². The van der Waals surface area contributed by atoms with Gasteiger partial charge in [0, 0.05) is 36.1 Å². The van der Waals surface area contributed by atoms with E-state index in [1.807, 2.05) is 54.6 Å². The molecule has 3 N–H and O–H groups in total. The molecule has 0 atom stereocenters. The number of rotatable bonds is 9. The summed E-state index contributed by atoms with van der Waals surface area (Å²) in [6.07, 6.45) is 0.0725. The van der Waals surface area contributed by atoms with Crippen molar-refractivity contribution in [3.63, 3.8) is 0 Å². The summed E-state index contributed by atoms with van der Waals surface area (Å²) in [5, 5.41) is 2.89. The summed E-state index contributed by atoms with van der Waals surface area (Å²) in [6, 6.07) is 25.7. The number of hydrogen-bond acceptors (Lipinski definition) is 6. The van der Waals surface area contributed by atoms with Crippen molar-refractivity contribution in [3.8, 4) is 16.2 Å². The molecule has 9 nitrogen and oxygen atoms in total. The minimum absolute atomic E-state index is 0.0725. The first-order chi connectivity index (χ1) is 19.3. The van der Waals surface area contributed by atoms with Crippen LogP contribution < -0.4 is 20.7 Å². The molecule has 0 saturated heterocycles. The van der Waals surface area contributed by atoms with E-state index in [4.69, 9.17) is 10.5 Å². The van der Waals surface area contributed by atoms with Crippen LogP contribution in [0.25, 0.3) is 21.5 Å². The number of imidazole rings is 1. The third kappa shape index (κ3) is 5.57. The van der Waals surface area contributed by atoms with E-state index in [9.17, 15) is 14.4 Å². The van der Waals surface area contributed by atoms with Gasteiger partial charge in [0.15, 0.2) is 0 Å². The lowest BCUT2D eigenvalue weighted by atomic mass is 10.2. The minimum atomic E-state index is -0.466. The number of primary amides is 1. The first-order valence-corrected chi connectivity index (χ1v) is 13.3. The predicted octanol–water partition coefficient (Wildman–Crippen LogP) is 5.18. The van der Waals surface area contributed by atoms with Gasteiger partial charge >= 0.3 is 0 Å². The first kappa shape index (κ1) is 26.6. The number of nitrogens with zero attached hydrogens (tertiary/aromatic N) is 3. The van der Waals surface area contributed by atoms with Crippen LogP contribution in [0.5, 0.6) is 5.75 Å². The third-order valence-corrected chi connectivity index (χ3v) is 7.59. The summed E-state index contributed by atoms with van der Waals surface area (Å²) in [5.74, 6) is 0.0945. The number of carbonyl (C=O) groups is 3. The highest BCUT2D eigenvalue weighted by Crippen LogP contribution is 2.31. The number of fused-ring (bicyclic) bond motifs is 1. The van der Waals surface area contributed by atoms with Crippen LogP contribution in [0, 0.1) is 0 Å². The molecule has 0 unspecified atom stereocenters. The summed E-state index contributed by atoms with van der Waals surface area (Å²) in [5.41, 5.74) is 8.86. The Morgan fingerprint density at radius 2 is 1.75 bits per heavy atom. The van der Waals surface area contributed by atoms with Gasteiger partial charge in [0.25, 0.3) is 11.8 Å². The van der Waals surface area contributed by atoms with Crippen molar-refractivity contribution in [2.24, 2.45) is 5.73 Å². The Morgan fingerprint density at radius 3 is 2.45 bits per heavy atom. The van der Waals surface area contributed by atoms with Gasteiger partial charge in [-0.1, -0.05) is 18.2 Å². The Bertz CT molecular complexity index is 1690. The van der Waals surface area contributed by atoms with Gasteiger partial charge in [0.05, 0.1) is 23.0 Å². The Hall–Kier alpha value is -4.96. The average molecular weight is 554 g/mol. The van der Waals surface area contributed by atoms with E-state index in [-0.39, 0.29) is 30.7 Å². The van der Waals surface area contributed by atoms with E-state index in [1.165, 1.54) is 11.3 Å². The number of nitrogens with one attached hydrogen (secondary N) is 1. The molecule has 0 spiro atoms. The predicted molar refractivity (Wildman–Crippen MR) is 157 cm³/mol. The van der Waals surface area contributed by atoms with Crippen molar-refractivity contribution in [3.05, 3.63) is 95.4 Å². The highest BCUT2D eigenvalue weighted by Gasteiger charge is 2.19. The fourth-order valence-corrected chi connectivity index (χ4v) is 5.20. The van der Waals surface area contributed by atoms with Gasteiger partial charge in [-0.3, -0.25) is 19.7 Å². The minimum Gasteiger partial charge on any atom is -0.497 e. The summed E-state index contributed by atoms with van der Waals surface area (Å²) in [6.45, 7) is 0.237. The quantitative estimate of drug-likeness (QED) is 0.261. The van der Waals surface area contributed by atoms with E-state index in [0.717, 1.165) is 16.2 Å². The van der Waals surface area contributed by atoms with Crippen molar-refractivity contribution in [1.82, 2.24) is 9.55 Å². The monoisotopic (exact) mass is 553 g/mol. The van der Waals surface area contributed by atoms with E-state index in [1.54, 1.807) is 54.0 Å². The third-order valence-electron chi connectivity index (χ3n) is 6.46. The van der Waals surface area contributed by atoms with Gasteiger partial charge in [0.1, 0.15) is 5.75 Å². The maximum absolute atomic E-state index is 13.2. The lowest BCUT2D eigenvalue weighted by Gasteiger charge is -2.17. The van der Waals surface area contributed by atoms with Crippen LogP contribution in [-0.4, -0.2) is 41.4 Å². The van der Waals surface area contributed by atoms with Crippen LogP contribution in [0.1, 0.15) is 26.5 Å². The van der Waals surface area contributed by atoms with Crippen molar-refractivity contribution in [1.29, 1.82) is 0 Å². The van der Waals surface area contributed by atoms with Crippen molar-refractivity contribution < 1.29 is 19.1 Å². The molecule has 3 amide bonds. The molecule has 40 heavy (non-hydrogen) atoms. The number of amides is 3. The number of anilines is 2. The van der Waals surface area contributed by atoms with Gasteiger partial charge in [-0.2, -0.15) is 0 Å². The van der Waals surface area contributed by atoms with Crippen molar-refractivity contribution in [2.45, 2.75) is 13.0 Å². The van der Waals surface area contributed by atoms with Crippen molar-refractivity contribution in [2.75, 3.05) is 24.4 Å². The molecule has 10 heteroatoms. The summed E-state index contributed by atoms with van der Waals surface area (Å²) in [4.78, 5) is 45.4. The molecule has 0 aliphatic carbocycles. The molecular formula is C30H27N5O4S. The topological polar surface area (TPSA) is 120 Å². The first-order valence-electron chi connectivity index (χ1n) is 12.5. The van der Waals surface area contributed by atoms with E-state index >= 15 is 0 Å². The number of thiophene rings is 1. The highest BCUT2D eigenvalue weighted by molar-refractivity contribution is 7.17. The molecule has 0 radical (unpaired) electrons. The molecule has 2 aromatic heterocycles. The maximum atomic E-state index is 13.2. The van der Waals surface area contributed by atoms with Gasteiger partial charge in [-0.15, -0.1) is 11.3 Å². The van der Waals surface area contributed by atoms with Crippen LogP contribution in [0.15, 0.2) is 84.9 Å². The second kappa shape index (κ2) is 11.4. The number of aromatic nitrogens is 2. The number of carbonyl (C=O) groups excluding carboxylic acids is 3. The zero-order chi connectivity index (χ0) is 28.2. The van der Waals surface area contributed by atoms with E-state index in [2.05, 4.69) is 10.3 Å². The summed E-state index contributed by atoms with van der Waals surface area (Å²) < 4.78 is 6.97. The van der Waals surface area contributed by atoms with Crippen LogP contribution in [-0.2, 0) is 11.3 Å². The molecule has 202 valence electrons. The maximum Gasteiger partial charge on any atom is 0.268 e. The normalized spacial score (nSPS) is 10.8. The van der Waals surface area contributed by atoms with Crippen LogP contribution >= 0.6 is 11.3 Å². The van der Waals surface area contributed by atoms with Crippen molar-refractivity contribution >= 4 is 51.7 Å². The molecule has 2 heterocycles. The zero-order valence-electron chi connectivity index (χ0n) is 22.0. The molecule has 0 fully saturated rings. The Balaban J connectivity index is 1.42. The lowest BCUT2D eigenvalue weighted by molar-refractivity contribution is -0.118. The largest absolute Gasteiger partial charge is 0.497 e. The molecule has 0 bridgehead atoms. The molecule has 0 aliphatic heterocycles. The standard InChI is InChI=1S/C30H27N5O4S/c1-34(29(38)20-6-4-3-5-7-20)21-10-13-24-23(18-21)32-30(35(24)17-16-27(31)36)33-28(37)26-15-14-25(40-26)19-8-11-22(39-2)12-9-19/h3-15,18H,16-17H2,1-2H3,(H2,31,36)(H,32,33,37). The smallest absolute Gasteiger partial charge is 0.268 e. The van der Waals surface area contributed by atoms with Gasteiger partial charge < -0.3 is 19.9 Å². The number of nitrogens with two attached hydrogens (primary N) is 1. The Kier molecular flexibility index (Phi) is 7.61. The van der Waals surface area contributed by atoms with E-state index in [0.29, 0.717) is 27.2 Å². The Morgan fingerprint density at radius 1 is 1.00 bits per heavy atom. The molecular weight excluding hydrogens is 526 g/mol. The van der Waals surface area contributed by atoms with Gasteiger partial charge in [-0.05, 0) is 72.3 Å². The summed E-state index contributed by atoms with van der Waals surface area (Å²) >= 11 is 1.36. The molecule has 0 aliphatic rings. The molecule has 5 aromatic rings. The lowest BCUT2D eigenvalue weighted by Crippen LogP contribution is -2.26. The number of aryl methyl sites for hydroxylation is 1. The number of ether oxygens (including phenoxy) is 1. The SMILES string of the molecule is COc1ccc(-c2ccc(C(=O)Nc3nc4cc(N(C)C(=O)c5ccccc5)ccc4n3CCC(N)=O)s2)cc1. The van der Waals surface area contributed by atoms with E-state index < -0.39 is 5.91 Å². The number of benzene rings is 3. The van der Waals surface area contributed by atoms with Crippen LogP contribution in [0.3, 0.4) is 0 Å². The Labute approximate surface area is 234 Å². The average Bonchev–Trinajstić information content (AvgIpc) is 3.60. The highest BCUT2D eigenvalue weighted by atomic mass is 32.1. The number of methoxy groups -OCH3 is 1.